The van der Waals surface area contributed by atoms with Crippen molar-refractivity contribution in [3.63, 3.8) is 0 Å². The van der Waals surface area contributed by atoms with Gasteiger partial charge in [0.1, 0.15) is 0 Å². The van der Waals surface area contributed by atoms with Crippen LogP contribution in [0.5, 0.6) is 0 Å². The Labute approximate surface area is 164 Å². The van der Waals surface area contributed by atoms with Gasteiger partial charge in [0, 0.05) is 20.8 Å². The molecule has 136 valence electrons. The van der Waals surface area contributed by atoms with Crippen LogP contribution in [-0.2, 0) is 24.3 Å². The van der Waals surface area contributed by atoms with Crippen LogP contribution in [0, 0.1) is 0 Å². The molecule has 3 heterocycles. The lowest BCUT2D eigenvalue weighted by Crippen LogP contribution is -2.32. The number of carbonyl (C=O) groups excluding carboxylic acids is 1. The molecule has 0 aliphatic heterocycles. The van der Waals surface area contributed by atoms with E-state index in [1.165, 1.54) is 0 Å². The molecule has 4 nitrogen and oxygen atoms in total. The maximum atomic E-state index is 13.0. The molecule has 0 unspecified atom stereocenters. The van der Waals surface area contributed by atoms with Crippen molar-refractivity contribution < 1.29 is 4.79 Å². The monoisotopic (exact) mass is 394 g/mol. The third kappa shape index (κ3) is 4.18. The first-order chi connectivity index (χ1) is 13.2. The van der Waals surface area contributed by atoms with Gasteiger partial charge in [-0.25, -0.2) is 0 Å². The second-order valence-corrected chi connectivity index (χ2v) is 8.36. The van der Waals surface area contributed by atoms with Crippen molar-refractivity contribution in [2.75, 3.05) is 0 Å². The predicted molar refractivity (Wildman–Crippen MR) is 111 cm³/mol. The number of benzene rings is 1. The number of nitrogens with one attached hydrogen (secondary N) is 1. The second kappa shape index (κ2) is 7.90. The largest absolute Gasteiger partial charge is 0.332 e. The molecule has 0 fully saturated rings. The van der Waals surface area contributed by atoms with E-state index in [9.17, 15) is 9.59 Å². The van der Waals surface area contributed by atoms with Crippen molar-refractivity contribution in [2.24, 2.45) is 0 Å². The number of pyridine rings is 1. The fraction of sp³-hybridized carbons (Fsp3) is 0.143. The minimum Gasteiger partial charge on any atom is -0.332 e. The highest BCUT2D eigenvalue weighted by Gasteiger charge is 2.18. The molecule has 0 aliphatic carbocycles. The summed E-state index contributed by atoms with van der Waals surface area (Å²) in [7, 11) is 0. The van der Waals surface area contributed by atoms with E-state index in [0.717, 1.165) is 20.7 Å². The molecule has 1 amide bonds. The summed E-state index contributed by atoms with van der Waals surface area (Å²) in [4.78, 5) is 32.4. The van der Waals surface area contributed by atoms with Crippen LogP contribution in [0.1, 0.15) is 15.3 Å². The number of aromatic nitrogens is 1. The molecule has 0 radical (unpaired) electrons. The van der Waals surface area contributed by atoms with Gasteiger partial charge in [0.15, 0.2) is 0 Å². The number of hydrogen-bond donors (Lipinski definition) is 1. The van der Waals surface area contributed by atoms with Crippen molar-refractivity contribution in [3.8, 4) is 0 Å². The van der Waals surface area contributed by atoms with Crippen LogP contribution in [0.4, 0.5) is 0 Å². The van der Waals surface area contributed by atoms with Gasteiger partial charge in [0.25, 0.3) is 5.56 Å². The molecule has 4 aromatic rings. The van der Waals surface area contributed by atoms with E-state index < -0.39 is 0 Å². The second-order valence-electron chi connectivity index (χ2n) is 6.30. The molecule has 0 spiro atoms. The molecule has 0 atom stereocenters. The number of fused-ring (bicyclic) bond motifs is 1. The average Bonchev–Trinajstić information content (AvgIpc) is 3.36. The molecular formula is C21H18N2O2S2. The zero-order valence-corrected chi connectivity index (χ0v) is 16.2. The number of rotatable bonds is 6. The van der Waals surface area contributed by atoms with Gasteiger partial charge in [-0.15, -0.1) is 22.7 Å². The smallest absolute Gasteiger partial charge is 0.252 e. The average molecular weight is 395 g/mol. The highest BCUT2D eigenvalue weighted by molar-refractivity contribution is 7.10. The maximum Gasteiger partial charge on any atom is 0.252 e. The molecule has 0 saturated heterocycles. The van der Waals surface area contributed by atoms with Gasteiger partial charge in [0.05, 0.1) is 19.5 Å². The molecular weight excluding hydrogens is 376 g/mol. The third-order valence-electron chi connectivity index (χ3n) is 4.38. The summed E-state index contributed by atoms with van der Waals surface area (Å²) >= 11 is 3.27. The van der Waals surface area contributed by atoms with Crippen LogP contribution >= 0.6 is 22.7 Å². The number of nitrogens with zero attached hydrogens (tertiary/aromatic N) is 1. The first-order valence-corrected chi connectivity index (χ1v) is 10.4. The Kier molecular flexibility index (Phi) is 5.18. The first-order valence-electron chi connectivity index (χ1n) is 8.62. The van der Waals surface area contributed by atoms with Crippen molar-refractivity contribution in [1.29, 1.82) is 0 Å². The zero-order valence-electron chi connectivity index (χ0n) is 14.6. The number of amides is 1. The maximum absolute atomic E-state index is 13.0. The van der Waals surface area contributed by atoms with E-state index in [4.69, 9.17) is 0 Å². The molecule has 27 heavy (non-hydrogen) atoms. The van der Waals surface area contributed by atoms with Crippen LogP contribution < -0.4 is 5.56 Å². The van der Waals surface area contributed by atoms with Crippen LogP contribution in [0.25, 0.3) is 10.9 Å². The molecule has 0 aliphatic rings. The Bertz CT molecular complexity index is 1060. The van der Waals surface area contributed by atoms with Crippen LogP contribution in [0.15, 0.2) is 70.2 Å². The highest BCUT2D eigenvalue weighted by Crippen LogP contribution is 2.18. The minimum absolute atomic E-state index is 0.0439. The lowest BCUT2D eigenvalue weighted by molar-refractivity contribution is -0.131. The summed E-state index contributed by atoms with van der Waals surface area (Å²) in [6.07, 6.45) is 0.0942. The van der Waals surface area contributed by atoms with Gasteiger partial charge in [-0.2, -0.15) is 0 Å². The van der Waals surface area contributed by atoms with Crippen molar-refractivity contribution >= 4 is 39.5 Å². The molecule has 0 saturated carbocycles. The molecule has 1 N–H and O–H groups in total. The fourth-order valence-electron chi connectivity index (χ4n) is 3.01. The highest BCUT2D eigenvalue weighted by atomic mass is 32.1. The molecule has 3 aromatic heterocycles. The van der Waals surface area contributed by atoms with Gasteiger partial charge in [-0.3, -0.25) is 9.59 Å². The van der Waals surface area contributed by atoms with Crippen molar-refractivity contribution in [2.45, 2.75) is 19.5 Å². The summed E-state index contributed by atoms with van der Waals surface area (Å²) in [5, 5.41) is 4.96. The topological polar surface area (TPSA) is 53.2 Å². The van der Waals surface area contributed by atoms with Gasteiger partial charge >= 0.3 is 0 Å². The third-order valence-corrected chi connectivity index (χ3v) is 6.10. The molecule has 0 bridgehead atoms. The lowest BCUT2D eigenvalue weighted by atomic mass is 10.1. The zero-order chi connectivity index (χ0) is 18.6. The van der Waals surface area contributed by atoms with Crippen LogP contribution in [-0.4, -0.2) is 15.8 Å². The van der Waals surface area contributed by atoms with E-state index in [2.05, 4.69) is 4.98 Å². The lowest BCUT2D eigenvalue weighted by Gasteiger charge is -2.21. The Morgan fingerprint density at radius 3 is 2.22 bits per heavy atom. The molecule has 4 rings (SSSR count). The number of para-hydroxylation sites is 1. The summed E-state index contributed by atoms with van der Waals surface area (Å²) in [6.45, 7) is 1.11. The van der Waals surface area contributed by atoms with Crippen LogP contribution in [0.2, 0.25) is 0 Å². The van der Waals surface area contributed by atoms with Crippen molar-refractivity contribution in [1.82, 2.24) is 9.88 Å². The van der Waals surface area contributed by atoms with E-state index in [1.807, 2.05) is 70.3 Å². The van der Waals surface area contributed by atoms with Gasteiger partial charge in [-0.1, -0.05) is 30.3 Å². The number of hydrogen-bond acceptors (Lipinski definition) is 4. The van der Waals surface area contributed by atoms with E-state index >= 15 is 0 Å². The summed E-state index contributed by atoms with van der Waals surface area (Å²) < 4.78 is 0. The van der Waals surface area contributed by atoms with Crippen LogP contribution in [0.3, 0.4) is 0 Å². The van der Waals surface area contributed by atoms with Gasteiger partial charge < -0.3 is 9.88 Å². The normalized spacial score (nSPS) is 11.0. The quantitative estimate of drug-likeness (QED) is 0.526. The van der Waals surface area contributed by atoms with E-state index in [0.29, 0.717) is 18.7 Å². The summed E-state index contributed by atoms with van der Waals surface area (Å²) in [6, 6.07) is 17.5. The SMILES string of the molecule is O=C(Cc1cc2ccccc2[nH]c1=O)N(Cc1cccs1)Cc1cccs1. The first kappa shape index (κ1) is 17.7. The fourth-order valence-corrected chi connectivity index (χ4v) is 4.45. The summed E-state index contributed by atoms with van der Waals surface area (Å²) in [5.41, 5.74) is 1.09. The predicted octanol–water partition coefficient (Wildman–Crippen LogP) is 4.42. The number of thiophene rings is 2. The van der Waals surface area contributed by atoms with E-state index in [-0.39, 0.29) is 17.9 Å². The number of carbonyl (C=O) groups is 1. The number of H-pyrrole nitrogens is 1. The molecule has 6 heteroatoms. The Morgan fingerprint density at radius 2 is 1.59 bits per heavy atom. The van der Waals surface area contributed by atoms with Gasteiger partial charge in [-0.05, 0) is 40.4 Å². The Hall–Kier alpha value is -2.70. The Morgan fingerprint density at radius 1 is 0.926 bits per heavy atom. The van der Waals surface area contributed by atoms with E-state index in [1.54, 1.807) is 22.7 Å². The van der Waals surface area contributed by atoms with Gasteiger partial charge in [0.2, 0.25) is 5.91 Å². The van der Waals surface area contributed by atoms with Crippen molar-refractivity contribution in [3.05, 3.63) is 91.0 Å². The summed E-state index contributed by atoms with van der Waals surface area (Å²) in [5.74, 6) is -0.0439. The molecule has 1 aromatic carbocycles. The number of aromatic amines is 1. The minimum atomic E-state index is -0.200. The standard InChI is InChI=1S/C21H18N2O2S2/c24-20(12-16-11-15-5-1-2-8-19(15)22-21(16)25)23(13-17-6-3-9-26-17)14-18-7-4-10-27-18/h1-11H,12-14H2,(H,22,25). The Balaban J connectivity index is 1.59.